The van der Waals surface area contributed by atoms with E-state index in [0.29, 0.717) is 0 Å². The van der Waals surface area contributed by atoms with Crippen molar-refractivity contribution in [3.8, 4) is 5.75 Å². The molecule has 0 aliphatic rings. The van der Waals surface area contributed by atoms with Gasteiger partial charge in [0.1, 0.15) is 12.9 Å². The van der Waals surface area contributed by atoms with Crippen LogP contribution in [0.25, 0.3) is 0 Å². The van der Waals surface area contributed by atoms with E-state index in [0.717, 1.165) is 21.9 Å². The molecule has 4 heteroatoms. The first-order valence-electron chi connectivity index (χ1n) is 9.51. The first kappa shape index (κ1) is 20.4. The van der Waals surface area contributed by atoms with Gasteiger partial charge in [-0.05, 0) is 23.6 Å². The lowest BCUT2D eigenvalue weighted by atomic mass is 9.99. The Bertz CT molecular complexity index is 878. The molecule has 0 bridgehead atoms. The second-order valence-electron chi connectivity index (χ2n) is 7.28. The van der Waals surface area contributed by atoms with Crippen LogP contribution in [0.15, 0.2) is 84.9 Å². The molecule has 0 saturated heterocycles. The van der Waals surface area contributed by atoms with Gasteiger partial charge in [0.2, 0.25) is 0 Å². The molecule has 0 heterocycles. The minimum atomic E-state index is -3.11. The third-order valence-corrected chi connectivity index (χ3v) is 9.01. The van der Waals surface area contributed by atoms with Gasteiger partial charge in [-0.1, -0.05) is 86.6 Å². The van der Waals surface area contributed by atoms with E-state index < -0.39 is 18.9 Å². The van der Waals surface area contributed by atoms with Gasteiger partial charge in [-0.25, -0.2) is 0 Å². The first-order chi connectivity index (χ1) is 13.5. The van der Waals surface area contributed by atoms with E-state index in [1.165, 1.54) is 0 Å². The summed E-state index contributed by atoms with van der Waals surface area (Å²) in [7, 11) is -1.50. The van der Waals surface area contributed by atoms with Gasteiger partial charge in [0.15, 0.2) is 0 Å². The molecule has 146 valence electrons. The molecule has 0 radical (unpaired) electrons. The summed E-state index contributed by atoms with van der Waals surface area (Å²) in [6.45, 7) is 4.05. The van der Waals surface area contributed by atoms with Crippen LogP contribution < -0.4 is 15.3 Å². The zero-order chi connectivity index (χ0) is 20.1. The quantitative estimate of drug-likeness (QED) is 0.588. The fourth-order valence-corrected chi connectivity index (χ4v) is 7.40. The molecule has 0 aliphatic heterocycles. The van der Waals surface area contributed by atoms with E-state index >= 15 is 0 Å². The molecule has 1 N–H and O–H groups in total. The zero-order valence-electron chi connectivity index (χ0n) is 16.5. The van der Waals surface area contributed by atoms with Crippen LogP contribution in [0.2, 0.25) is 0 Å². The number of ether oxygens (including phenoxy) is 1. The van der Waals surface area contributed by atoms with Crippen molar-refractivity contribution >= 4 is 17.8 Å². The summed E-state index contributed by atoms with van der Waals surface area (Å²) < 4.78 is 19.9. The Morgan fingerprint density at radius 2 is 1.25 bits per heavy atom. The Kier molecular flexibility index (Phi) is 6.39. The van der Waals surface area contributed by atoms with Crippen molar-refractivity contribution in [2.75, 3.05) is 7.11 Å². The monoisotopic (exact) mass is 394 g/mol. The Labute approximate surface area is 167 Å². The van der Waals surface area contributed by atoms with E-state index in [9.17, 15) is 9.67 Å². The molecule has 3 rings (SSSR count). The molecule has 3 aromatic rings. The Hall–Kier alpha value is -2.35. The second kappa shape index (κ2) is 8.77. The van der Waals surface area contributed by atoms with E-state index in [4.69, 9.17) is 4.74 Å². The van der Waals surface area contributed by atoms with Crippen LogP contribution in [0.1, 0.15) is 25.5 Å². The number of benzene rings is 3. The van der Waals surface area contributed by atoms with Crippen LogP contribution in [0, 0.1) is 5.92 Å². The number of aliphatic hydroxyl groups is 1. The summed E-state index contributed by atoms with van der Waals surface area (Å²) in [6.07, 6.45) is -0.864. The maximum absolute atomic E-state index is 14.7. The Morgan fingerprint density at radius 1 is 0.786 bits per heavy atom. The fourth-order valence-electron chi connectivity index (χ4n) is 3.77. The first-order valence-corrected chi connectivity index (χ1v) is 11.3. The number of methoxy groups -OCH3 is 1. The highest BCUT2D eigenvalue weighted by Gasteiger charge is 2.43. The fraction of sp³-hybridized carbons (Fsp3) is 0.250. The summed E-state index contributed by atoms with van der Waals surface area (Å²) in [4.78, 5) is 0. The molecule has 3 aromatic carbocycles. The van der Waals surface area contributed by atoms with Crippen molar-refractivity contribution in [3.63, 3.8) is 0 Å². The van der Waals surface area contributed by atoms with Crippen LogP contribution in [0.4, 0.5) is 0 Å². The number of rotatable bonds is 7. The summed E-state index contributed by atoms with van der Waals surface area (Å²) >= 11 is 0. The highest BCUT2D eigenvalue weighted by molar-refractivity contribution is 7.79. The van der Waals surface area contributed by atoms with E-state index in [2.05, 4.69) is 0 Å². The van der Waals surface area contributed by atoms with Gasteiger partial charge >= 0.3 is 0 Å². The van der Waals surface area contributed by atoms with Gasteiger partial charge in [0.05, 0.1) is 18.9 Å². The lowest BCUT2D eigenvalue weighted by molar-refractivity contribution is 0.154. The standard InChI is InChI=1S/C24H27O3P/c1-18(2)24(23(25)19-14-16-20(27-3)17-15-19)28(26,21-10-6-4-7-11-21)22-12-8-5-9-13-22/h4-18,23-25H,1-3H3/t23-,24+/m0/s1. The molecule has 2 atom stereocenters. The molecule has 0 unspecified atom stereocenters. The molecule has 0 saturated carbocycles. The molecule has 0 spiro atoms. The molecule has 0 aliphatic carbocycles. The topological polar surface area (TPSA) is 46.5 Å². The van der Waals surface area contributed by atoms with Crippen molar-refractivity contribution in [2.45, 2.75) is 25.6 Å². The molecule has 3 nitrogen and oxygen atoms in total. The van der Waals surface area contributed by atoms with Crippen LogP contribution in [0.3, 0.4) is 0 Å². The predicted octanol–water partition coefficient (Wildman–Crippen LogP) is 4.77. The van der Waals surface area contributed by atoms with Gasteiger partial charge in [0, 0.05) is 10.6 Å². The molecular formula is C24H27O3P. The molecule has 0 fully saturated rings. The van der Waals surface area contributed by atoms with Crippen molar-refractivity contribution in [3.05, 3.63) is 90.5 Å². The average Bonchev–Trinajstić information content (AvgIpc) is 2.74. The van der Waals surface area contributed by atoms with Gasteiger partial charge in [0.25, 0.3) is 0 Å². The second-order valence-corrected chi connectivity index (χ2v) is 10.2. The smallest absolute Gasteiger partial charge is 0.149 e. The zero-order valence-corrected chi connectivity index (χ0v) is 17.4. The third-order valence-electron chi connectivity index (χ3n) is 5.16. The molecule has 28 heavy (non-hydrogen) atoms. The summed E-state index contributed by atoms with van der Waals surface area (Å²) in [5, 5.41) is 12.9. The number of hydrogen-bond acceptors (Lipinski definition) is 3. The molecule has 0 amide bonds. The van der Waals surface area contributed by atoms with Crippen LogP contribution in [0.5, 0.6) is 5.75 Å². The summed E-state index contributed by atoms with van der Waals surface area (Å²) in [5.41, 5.74) is 0.289. The van der Waals surface area contributed by atoms with Crippen molar-refractivity contribution in [1.29, 1.82) is 0 Å². The van der Waals surface area contributed by atoms with E-state index in [1.54, 1.807) is 7.11 Å². The SMILES string of the molecule is COc1ccc([C@H](O)[C@@H](C(C)C)P(=O)(c2ccccc2)c2ccccc2)cc1. The van der Waals surface area contributed by atoms with Crippen molar-refractivity contribution in [2.24, 2.45) is 5.92 Å². The van der Waals surface area contributed by atoms with E-state index in [1.807, 2.05) is 98.8 Å². The van der Waals surface area contributed by atoms with Crippen molar-refractivity contribution < 1.29 is 14.4 Å². The van der Waals surface area contributed by atoms with Crippen LogP contribution in [-0.4, -0.2) is 17.9 Å². The average molecular weight is 394 g/mol. The van der Waals surface area contributed by atoms with Crippen LogP contribution >= 0.6 is 7.14 Å². The van der Waals surface area contributed by atoms with E-state index in [-0.39, 0.29) is 5.92 Å². The van der Waals surface area contributed by atoms with Gasteiger partial charge in [-0.3, -0.25) is 0 Å². The van der Waals surface area contributed by atoms with Crippen LogP contribution in [-0.2, 0) is 4.57 Å². The van der Waals surface area contributed by atoms with Crippen molar-refractivity contribution in [1.82, 2.24) is 0 Å². The highest BCUT2D eigenvalue weighted by atomic mass is 31.2. The molecular weight excluding hydrogens is 367 g/mol. The maximum atomic E-state index is 14.7. The van der Waals surface area contributed by atoms with Gasteiger partial charge in [-0.2, -0.15) is 0 Å². The Balaban J connectivity index is 2.15. The predicted molar refractivity (Wildman–Crippen MR) is 116 cm³/mol. The number of hydrogen-bond donors (Lipinski definition) is 1. The van der Waals surface area contributed by atoms with Gasteiger partial charge in [-0.15, -0.1) is 0 Å². The largest absolute Gasteiger partial charge is 0.497 e. The lowest BCUT2D eigenvalue weighted by Crippen LogP contribution is -2.34. The Morgan fingerprint density at radius 3 is 1.64 bits per heavy atom. The normalized spacial score (nSPS) is 13.9. The minimum Gasteiger partial charge on any atom is -0.497 e. The minimum absolute atomic E-state index is 0.00310. The number of aliphatic hydroxyl groups excluding tert-OH is 1. The summed E-state index contributed by atoms with van der Waals surface area (Å²) in [5.74, 6) is 0.731. The third kappa shape index (κ3) is 3.92. The maximum Gasteiger partial charge on any atom is 0.149 e. The van der Waals surface area contributed by atoms with Gasteiger partial charge < -0.3 is 14.4 Å². The highest BCUT2D eigenvalue weighted by Crippen LogP contribution is 2.55. The summed E-state index contributed by atoms with van der Waals surface area (Å²) in [6, 6.07) is 26.4. The lowest BCUT2D eigenvalue weighted by Gasteiger charge is -2.35. The molecule has 0 aromatic heterocycles.